The van der Waals surface area contributed by atoms with Crippen molar-refractivity contribution in [3.8, 4) is 0 Å². The van der Waals surface area contributed by atoms with Crippen LogP contribution in [-0.4, -0.2) is 15.0 Å². The fourth-order valence-electron chi connectivity index (χ4n) is 2.52. The molecule has 0 bridgehead atoms. The smallest absolute Gasteiger partial charge is 0.201 e. The van der Waals surface area contributed by atoms with Crippen LogP contribution in [0, 0.1) is 6.92 Å². The number of nitrogens with zero attached hydrogens (tertiary/aromatic N) is 3. The third-order valence-corrected chi connectivity index (χ3v) is 4.68. The van der Waals surface area contributed by atoms with E-state index in [1.165, 1.54) is 5.01 Å². The number of rotatable bonds is 7. The largest absolute Gasteiger partial charge is 0.467 e. The molecule has 136 valence electrons. The number of furan rings is 1. The predicted molar refractivity (Wildman–Crippen MR) is 103 cm³/mol. The van der Waals surface area contributed by atoms with Crippen molar-refractivity contribution in [1.29, 1.82) is 0 Å². The van der Waals surface area contributed by atoms with Crippen LogP contribution in [0.2, 0.25) is 0 Å². The third-order valence-electron chi connectivity index (χ3n) is 4.17. The van der Waals surface area contributed by atoms with Crippen molar-refractivity contribution in [3.63, 3.8) is 0 Å². The summed E-state index contributed by atoms with van der Waals surface area (Å²) in [6.45, 7) is 6.47. The molecule has 3 N–H and O–H groups in total. The van der Waals surface area contributed by atoms with Crippen LogP contribution in [-0.2, 0) is 6.54 Å². The monoisotopic (exact) mass is 371 g/mol. The van der Waals surface area contributed by atoms with Crippen molar-refractivity contribution >= 4 is 35.3 Å². The number of nitrogens with two attached hydrogens (primary N) is 1. The minimum atomic E-state index is 0.375. The number of aromatic nitrogens is 2. The lowest BCUT2D eigenvalue weighted by molar-refractivity contribution is 0.112. The number of carbonyl (C=O) groups is 1. The van der Waals surface area contributed by atoms with Gasteiger partial charge in [-0.1, -0.05) is 26.0 Å². The van der Waals surface area contributed by atoms with Gasteiger partial charge in [-0.25, -0.2) is 5.84 Å². The van der Waals surface area contributed by atoms with Crippen molar-refractivity contribution in [2.75, 3.05) is 10.3 Å². The fraction of sp³-hybridized carbons (Fsp3) is 0.278. The Labute approximate surface area is 156 Å². The van der Waals surface area contributed by atoms with E-state index < -0.39 is 0 Å². The van der Waals surface area contributed by atoms with Crippen LogP contribution in [0.15, 0.2) is 34.9 Å². The standard InChI is InChI=1S/C18H21N5O2S/c1-11(2)14-7-15(25-10-14)8-23(19)18-17(21-26-22-18)20-16-6-4-5-13(9-24)12(16)3/h4-7,9-11H,8,19H2,1-3H3,(H,20,21). The summed E-state index contributed by atoms with van der Waals surface area (Å²) in [7, 11) is 0. The Bertz CT molecular complexity index is 903. The topological polar surface area (TPSA) is 97.3 Å². The first-order valence-electron chi connectivity index (χ1n) is 8.23. The van der Waals surface area contributed by atoms with Crippen LogP contribution < -0.4 is 16.2 Å². The second kappa shape index (κ2) is 7.67. The van der Waals surface area contributed by atoms with Crippen LogP contribution in [0.5, 0.6) is 0 Å². The van der Waals surface area contributed by atoms with Crippen LogP contribution in [0.25, 0.3) is 0 Å². The van der Waals surface area contributed by atoms with Gasteiger partial charge in [-0.3, -0.25) is 9.80 Å². The molecule has 2 heterocycles. The highest BCUT2D eigenvalue weighted by molar-refractivity contribution is 6.99. The highest BCUT2D eigenvalue weighted by Crippen LogP contribution is 2.29. The Hall–Kier alpha value is -2.71. The molecule has 0 saturated carbocycles. The number of hydrazine groups is 1. The first-order chi connectivity index (χ1) is 12.5. The Morgan fingerprint density at radius 3 is 2.88 bits per heavy atom. The number of aldehydes is 1. The molecule has 0 atom stereocenters. The highest BCUT2D eigenvalue weighted by Gasteiger charge is 2.17. The van der Waals surface area contributed by atoms with Gasteiger partial charge in [0.05, 0.1) is 24.5 Å². The molecule has 7 nitrogen and oxygen atoms in total. The molecule has 8 heteroatoms. The van der Waals surface area contributed by atoms with E-state index in [1.807, 2.05) is 25.1 Å². The molecule has 0 aliphatic carbocycles. The molecular formula is C18H21N5O2S. The zero-order valence-corrected chi connectivity index (χ0v) is 15.7. The van der Waals surface area contributed by atoms with Gasteiger partial charge in [0, 0.05) is 11.3 Å². The Morgan fingerprint density at radius 2 is 2.19 bits per heavy atom. The predicted octanol–water partition coefficient (Wildman–Crippen LogP) is 4.00. The first-order valence-corrected chi connectivity index (χ1v) is 8.96. The molecule has 3 rings (SSSR count). The lowest BCUT2D eigenvalue weighted by Gasteiger charge is -2.16. The summed E-state index contributed by atoms with van der Waals surface area (Å²) in [5.74, 6) is 8.40. The molecule has 2 aromatic heterocycles. The number of carbonyl (C=O) groups excluding carboxylic acids is 1. The normalized spacial score (nSPS) is 11.0. The van der Waals surface area contributed by atoms with Gasteiger partial charge in [-0.15, -0.1) is 0 Å². The number of nitrogens with one attached hydrogen (secondary N) is 1. The molecule has 0 unspecified atom stereocenters. The van der Waals surface area contributed by atoms with Crippen LogP contribution in [0.1, 0.15) is 47.0 Å². The first kappa shape index (κ1) is 18.1. The molecule has 0 spiro atoms. The van der Waals surface area contributed by atoms with Crippen LogP contribution in [0.4, 0.5) is 17.3 Å². The molecule has 0 radical (unpaired) electrons. The zero-order chi connectivity index (χ0) is 18.7. The van der Waals surface area contributed by atoms with E-state index in [9.17, 15) is 4.79 Å². The minimum absolute atomic E-state index is 0.375. The average Bonchev–Trinajstić information content (AvgIpc) is 3.26. The maximum atomic E-state index is 11.1. The summed E-state index contributed by atoms with van der Waals surface area (Å²) < 4.78 is 14.1. The van der Waals surface area contributed by atoms with Gasteiger partial charge in [0.25, 0.3) is 0 Å². The van der Waals surface area contributed by atoms with E-state index in [0.717, 1.165) is 40.6 Å². The maximum Gasteiger partial charge on any atom is 0.201 e. The van der Waals surface area contributed by atoms with Gasteiger partial charge >= 0.3 is 0 Å². The quantitative estimate of drug-likeness (QED) is 0.368. The molecule has 3 aromatic rings. The van der Waals surface area contributed by atoms with E-state index in [4.69, 9.17) is 10.3 Å². The fourth-order valence-corrected chi connectivity index (χ4v) is 3.04. The highest BCUT2D eigenvalue weighted by atomic mass is 32.1. The molecule has 0 saturated heterocycles. The third kappa shape index (κ3) is 3.76. The molecule has 0 aliphatic rings. The van der Waals surface area contributed by atoms with Gasteiger partial charge in [-0.2, -0.15) is 8.75 Å². The van der Waals surface area contributed by atoms with E-state index in [1.54, 1.807) is 12.3 Å². The summed E-state index contributed by atoms with van der Waals surface area (Å²) >= 11 is 1.07. The average molecular weight is 371 g/mol. The van der Waals surface area contributed by atoms with Gasteiger partial charge in [0.1, 0.15) is 12.0 Å². The lowest BCUT2D eigenvalue weighted by Crippen LogP contribution is -2.30. The van der Waals surface area contributed by atoms with E-state index in [-0.39, 0.29) is 0 Å². The summed E-state index contributed by atoms with van der Waals surface area (Å²) in [6, 6.07) is 7.46. The molecule has 1 aromatic carbocycles. The SMILES string of the molecule is Cc1c(C=O)cccc1Nc1nsnc1N(N)Cc1cc(C(C)C)co1. The van der Waals surface area contributed by atoms with Gasteiger partial charge < -0.3 is 9.73 Å². The number of hydrogen-bond donors (Lipinski definition) is 2. The molecule has 0 amide bonds. The number of anilines is 3. The van der Waals surface area contributed by atoms with E-state index in [0.29, 0.717) is 29.7 Å². The van der Waals surface area contributed by atoms with Gasteiger partial charge in [0.15, 0.2) is 5.82 Å². The second-order valence-electron chi connectivity index (χ2n) is 6.33. The van der Waals surface area contributed by atoms with E-state index in [2.05, 4.69) is 27.9 Å². The molecular weight excluding hydrogens is 350 g/mol. The van der Waals surface area contributed by atoms with Crippen molar-refractivity contribution < 1.29 is 9.21 Å². The van der Waals surface area contributed by atoms with Gasteiger partial charge in [-0.05, 0) is 36.1 Å². The van der Waals surface area contributed by atoms with Crippen molar-refractivity contribution in [1.82, 2.24) is 8.75 Å². The molecule has 0 aliphatic heterocycles. The summed E-state index contributed by atoms with van der Waals surface area (Å²) in [4.78, 5) is 11.1. The van der Waals surface area contributed by atoms with Crippen molar-refractivity contribution in [2.45, 2.75) is 33.2 Å². The Balaban J connectivity index is 1.78. The summed E-state index contributed by atoms with van der Waals surface area (Å²) in [5.41, 5.74) is 3.39. The molecule has 0 fully saturated rings. The summed E-state index contributed by atoms with van der Waals surface area (Å²) in [5, 5.41) is 4.71. The van der Waals surface area contributed by atoms with Crippen molar-refractivity contribution in [3.05, 3.63) is 53.0 Å². The minimum Gasteiger partial charge on any atom is -0.467 e. The summed E-state index contributed by atoms with van der Waals surface area (Å²) in [6.07, 6.45) is 2.58. The van der Waals surface area contributed by atoms with Crippen molar-refractivity contribution in [2.24, 2.45) is 5.84 Å². The maximum absolute atomic E-state index is 11.1. The lowest BCUT2D eigenvalue weighted by atomic mass is 10.1. The number of benzene rings is 1. The van der Waals surface area contributed by atoms with Crippen LogP contribution >= 0.6 is 11.7 Å². The van der Waals surface area contributed by atoms with E-state index >= 15 is 0 Å². The van der Waals surface area contributed by atoms with Gasteiger partial charge in [0.2, 0.25) is 5.82 Å². The Morgan fingerprint density at radius 1 is 1.38 bits per heavy atom. The number of hydrogen-bond acceptors (Lipinski definition) is 8. The van der Waals surface area contributed by atoms with Crippen LogP contribution in [0.3, 0.4) is 0 Å². The molecule has 26 heavy (non-hydrogen) atoms. The second-order valence-corrected chi connectivity index (χ2v) is 6.86. The Kier molecular flexibility index (Phi) is 5.34. The zero-order valence-electron chi connectivity index (χ0n) is 14.9.